The van der Waals surface area contributed by atoms with Crippen molar-refractivity contribution in [2.45, 2.75) is 18.9 Å². The lowest BCUT2D eigenvalue weighted by molar-refractivity contribution is 0.0703. The molecule has 0 aliphatic heterocycles. The number of rotatable bonds is 5. The number of hydrogen-bond donors (Lipinski definition) is 1. The first-order valence-corrected chi connectivity index (χ1v) is 10.2. The summed E-state index contributed by atoms with van der Waals surface area (Å²) in [5, 5.41) is 10.4. The van der Waals surface area contributed by atoms with E-state index in [4.69, 9.17) is 23.2 Å². The van der Waals surface area contributed by atoms with E-state index in [-0.39, 0.29) is 21.8 Å². The topological polar surface area (TPSA) is 57.6 Å². The highest BCUT2D eigenvalue weighted by Crippen LogP contribution is 2.42. The van der Waals surface area contributed by atoms with Crippen LogP contribution in [0.15, 0.2) is 54.6 Å². The first-order valence-electron chi connectivity index (χ1n) is 8.67. The summed E-state index contributed by atoms with van der Waals surface area (Å²) in [6.07, 6.45) is 1.65. The quantitative estimate of drug-likeness (QED) is 0.520. The zero-order valence-electron chi connectivity index (χ0n) is 14.6. The normalized spacial score (nSPS) is 13.4. The lowest BCUT2D eigenvalue weighted by Crippen LogP contribution is -2.34. The molecular weight excluding hydrogens is 417 g/mol. The van der Waals surface area contributed by atoms with Crippen LogP contribution in [0.25, 0.3) is 10.4 Å². The molecule has 142 valence electrons. The van der Waals surface area contributed by atoms with Gasteiger partial charge in [-0.15, -0.1) is 11.3 Å². The number of amides is 1. The molecule has 3 aromatic rings. The van der Waals surface area contributed by atoms with Gasteiger partial charge in [-0.05, 0) is 42.7 Å². The molecule has 4 rings (SSSR count). The Morgan fingerprint density at radius 2 is 1.75 bits per heavy atom. The fourth-order valence-corrected chi connectivity index (χ4v) is 4.54. The SMILES string of the molecule is O=C(O)c1sc(-c2ccccc2)cc1N(C(=O)c1ccc(Cl)cc1Cl)C1CC1. The molecule has 0 atom stereocenters. The van der Waals surface area contributed by atoms with E-state index in [2.05, 4.69) is 0 Å². The van der Waals surface area contributed by atoms with Crippen LogP contribution in [0.5, 0.6) is 0 Å². The summed E-state index contributed by atoms with van der Waals surface area (Å²) in [5.74, 6) is -1.37. The number of aromatic carboxylic acids is 1. The van der Waals surface area contributed by atoms with E-state index in [1.54, 1.807) is 23.1 Å². The van der Waals surface area contributed by atoms with Crippen LogP contribution < -0.4 is 4.90 Å². The van der Waals surface area contributed by atoms with Gasteiger partial charge in [0.1, 0.15) is 4.88 Å². The predicted octanol–water partition coefficient (Wildman–Crippen LogP) is 6.23. The van der Waals surface area contributed by atoms with Crippen molar-refractivity contribution >= 4 is 52.1 Å². The molecule has 1 fully saturated rings. The summed E-state index contributed by atoms with van der Waals surface area (Å²) in [6, 6.07) is 16.0. The smallest absolute Gasteiger partial charge is 0.348 e. The van der Waals surface area contributed by atoms with Gasteiger partial charge in [-0.1, -0.05) is 53.5 Å². The number of anilines is 1. The van der Waals surface area contributed by atoms with E-state index in [1.807, 2.05) is 30.3 Å². The van der Waals surface area contributed by atoms with Crippen molar-refractivity contribution in [1.82, 2.24) is 0 Å². The number of carboxylic acids is 1. The van der Waals surface area contributed by atoms with E-state index in [0.717, 1.165) is 23.3 Å². The number of carbonyl (C=O) groups is 2. The number of hydrogen-bond acceptors (Lipinski definition) is 3. The second-order valence-electron chi connectivity index (χ2n) is 6.53. The third-order valence-corrected chi connectivity index (χ3v) is 6.23. The molecule has 0 spiro atoms. The van der Waals surface area contributed by atoms with Crippen molar-refractivity contribution in [3.8, 4) is 10.4 Å². The average molecular weight is 432 g/mol. The molecule has 7 heteroatoms. The van der Waals surface area contributed by atoms with E-state index >= 15 is 0 Å². The van der Waals surface area contributed by atoms with Gasteiger partial charge >= 0.3 is 5.97 Å². The molecule has 1 aromatic heterocycles. The monoisotopic (exact) mass is 431 g/mol. The molecule has 1 saturated carbocycles. The maximum atomic E-state index is 13.3. The fourth-order valence-electron chi connectivity index (χ4n) is 3.06. The Bertz CT molecular complexity index is 1060. The molecule has 1 aliphatic rings. The molecule has 4 nitrogen and oxygen atoms in total. The Morgan fingerprint density at radius 1 is 1.04 bits per heavy atom. The van der Waals surface area contributed by atoms with Crippen LogP contribution in [0, 0.1) is 0 Å². The lowest BCUT2D eigenvalue weighted by atomic mass is 10.1. The van der Waals surface area contributed by atoms with E-state index in [9.17, 15) is 14.7 Å². The molecule has 1 heterocycles. The zero-order valence-corrected chi connectivity index (χ0v) is 16.9. The minimum Gasteiger partial charge on any atom is -0.477 e. The van der Waals surface area contributed by atoms with Crippen LogP contribution in [0.3, 0.4) is 0 Å². The van der Waals surface area contributed by atoms with Crippen LogP contribution in [0.1, 0.15) is 32.9 Å². The van der Waals surface area contributed by atoms with Gasteiger partial charge in [-0.25, -0.2) is 4.79 Å². The highest BCUT2D eigenvalue weighted by atomic mass is 35.5. The van der Waals surface area contributed by atoms with Crippen LogP contribution in [-0.4, -0.2) is 23.0 Å². The van der Waals surface area contributed by atoms with Crippen molar-refractivity contribution in [1.29, 1.82) is 0 Å². The highest BCUT2D eigenvalue weighted by molar-refractivity contribution is 7.18. The Balaban J connectivity index is 1.81. The summed E-state index contributed by atoms with van der Waals surface area (Å²) in [7, 11) is 0. The van der Waals surface area contributed by atoms with Crippen molar-refractivity contribution in [2.75, 3.05) is 4.90 Å². The van der Waals surface area contributed by atoms with Gasteiger partial charge in [0, 0.05) is 15.9 Å². The molecular formula is C21H15Cl2NO3S. The number of nitrogens with zero attached hydrogens (tertiary/aromatic N) is 1. The standard InChI is InChI=1S/C21H15Cl2NO3S/c22-13-6-9-15(16(23)10-13)20(25)24(14-7-8-14)17-11-18(28-19(17)21(26)27)12-4-2-1-3-5-12/h1-6,9-11,14H,7-8H2,(H,26,27). The minimum atomic E-state index is -1.05. The maximum Gasteiger partial charge on any atom is 0.348 e. The average Bonchev–Trinajstić information content (AvgIpc) is 3.40. The third kappa shape index (κ3) is 3.65. The Hall–Kier alpha value is -2.34. The van der Waals surface area contributed by atoms with E-state index in [0.29, 0.717) is 16.3 Å². The van der Waals surface area contributed by atoms with Gasteiger partial charge in [0.2, 0.25) is 0 Å². The number of thiophene rings is 1. The number of halogens is 2. The lowest BCUT2D eigenvalue weighted by Gasteiger charge is -2.23. The van der Waals surface area contributed by atoms with Crippen LogP contribution in [0.2, 0.25) is 10.0 Å². The summed E-state index contributed by atoms with van der Waals surface area (Å²) < 4.78 is 0. The highest BCUT2D eigenvalue weighted by Gasteiger charge is 2.38. The molecule has 0 unspecified atom stereocenters. The number of benzene rings is 2. The van der Waals surface area contributed by atoms with Gasteiger partial charge in [0.15, 0.2) is 0 Å². The second-order valence-corrected chi connectivity index (χ2v) is 8.42. The molecule has 1 N–H and O–H groups in total. The van der Waals surface area contributed by atoms with Gasteiger partial charge in [-0.3, -0.25) is 4.79 Å². The zero-order chi connectivity index (χ0) is 19.8. The molecule has 0 bridgehead atoms. The summed E-state index contributed by atoms with van der Waals surface area (Å²) in [6.45, 7) is 0. The maximum absolute atomic E-state index is 13.3. The molecule has 1 amide bonds. The summed E-state index contributed by atoms with van der Waals surface area (Å²) in [5.41, 5.74) is 1.63. The van der Waals surface area contributed by atoms with Crippen LogP contribution in [0.4, 0.5) is 5.69 Å². The van der Waals surface area contributed by atoms with Crippen LogP contribution in [-0.2, 0) is 0 Å². The Kier molecular flexibility index (Phi) is 5.15. The summed E-state index contributed by atoms with van der Waals surface area (Å²) >= 11 is 13.4. The van der Waals surface area contributed by atoms with Crippen molar-refractivity contribution in [3.63, 3.8) is 0 Å². The largest absolute Gasteiger partial charge is 0.477 e. The summed E-state index contributed by atoms with van der Waals surface area (Å²) in [4.78, 5) is 27.7. The van der Waals surface area contributed by atoms with Gasteiger partial charge in [0.25, 0.3) is 5.91 Å². The van der Waals surface area contributed by atoms with Gasteiger partial charge < -0.3 is 10.0 Å². The molecule has 28 heavy (non-hydrogen) atoms. The van der Waals surface area contributed by atoms with Crippen LogP contribution >= 0.6 is 34.5 Å². The van der Waals surface area contributed by atoms with E-state index in [1.165, 1.54) is 17.4 Å². The molecule has 1 aliphatic carbocycles. The number of carboxylic acid groups (broad SMARTS) is 1. The molecule has 2 aromatic carbocycles. The predicted molar refractivity (Wildman–Crippen MR) is 113 cm³/mol. The second kappa shape index (κ2) is 7.59. The third-order valence-electron chi connectivity index (χ3n) is 4.52. The van der Waals surface area contributed by atoms with Gasteiger partial charge in [0.05, 0.1) is 16.3 Å². The van der Waals surface area contributed by atoms with Crippen molar-refractivity contribution in [3.05, 3.63) is 75.1 Å². The first-order chi connectivity index (χ1) is 13.5. The molecule has 0 saturated heterocycles. The Labute approximate surface area is 175 Å². The molecule has 0 radical (unpaired) electrons. The van der Waals surface area contributed by atoms with Gasteiger partial charge in [-0.2, -0.15) is 0 Å². The van der Waals surface area contributed by atoms with Crippen molar-refractivity contribution < 1.29 is 14.7 Å². The first kappa shape index (κ1) is 19.0. The van der Waals surface area contributed by atoms with Crippen molar-refractivity contribution in [2.24, 2.45) is 0 Å². The minimum absolute atomic E-state index is 0.0319. The van der Waals surface area contributed by atoms with E-state index < -0.39 is 5.97 Å². The number of carbonyl (C=O) groups excluding carboxylic acids is 1. The Morgan fingerprint density at radius 3 is 2.36 bits per heavy atom. The fraction of sp³-hybridized carbons (Fsp3) is 0.143.